The fourth-order valence-electron chi connectivity index (χ4n) is 1.50. The second-order valence-corrected chi connectivity index (χ2v) is 4.26. The minimum atomic E-state index is 0.670. The van der Waals surface area contributed by atoms with E-state index in [1.165, 1.54) is 24.8 Å². The lowest BCUT2D eigenvalue weighted by molar-refractivity contribution is 0.513. The SMILES string of the molecule is CCNC(C)CCCc1ccsc1. The summed E-state index contributed by atoms with van der Waals surface area (Å²) in [5, 5.41) is 7.83. The predicted molar refractivity (Wildman–Crippen MR) is 60.4 cm³/mol. The number of aryl methyl sites for hydroxylation is 1. The number of thiophene rings is 1. The zero-order valence-corrected chi connectivity index (χ0v) is 9.36. The summed E-state index contributed by atoms with van der Waals surface area (Å²) in [4.78, 5) is 0. The Labute approximate surface area is 85.2 Å². The van der Waals surface area contributed by atoms with Crippen molar-refractivity contribution < 1.29 is 0 Å². The maximum atomic E-state index is 3.43. The van der Waals surface area contributed by atoms with Gasteiger partial charge in [-0.05, 0) is 55.1 Å². The normalized spacial score (nSPS) is 13.1. The van der Waals surface area contributed by atoms with Gasteiger partial charge in [0.25, 0.3) is 0 Å². The zero-order valence-electron chi connectivity index (χ0n) is 8.55. The molecule has 2 heteroatoms. The van der Waals surface area contributed by atoms with E-state index in [4.69, 9.17) is 0 Å². The van der Waals surface area contributed by atoms with E-state index < -0.39 is 0 Å². The summed E-state index contributed by atoms with van der Waals surface area (Å²) in [7, 11) is 0. The molecule has 1 heterocycles. The summed E-state index contributed by atoms with van der Waals surface area (Å²) in [5.41, 5.74) is 1.49. The highest BCUT2D eigenvalue weighted by Crippen LogP contribution is 2.10. The molecule has 1 atom stereocenters. The van der Waals surface area contributed by atoms with Gasteiger partial charge in [0.05, 0.1) is 0 Å². The summed E-state index contributed by atoms with van der Waals surface area (Å²) >= 11 is 1.79. The van der Waals surface area contributed by atoms with Crippen molar-refractivity contribution >= 4 is 11.3 Å². The van der Waals surface area contributed by atoms with Crippen LogP contribution < -0.4 is 5.32 Å². The summed E-state index contributed by atoms with van der Waals surface area (Å²) < 4.78 is 0. The van der Waals surface area contributed by atoms with Crippen molar-refractivity contribution in [1.29, 1.82) is 0 Å². The minimum Gasteiger partial charge on any atom is -0.315 e. The molecule has 1 N–H and O–H groups in total. The van der Waals surface area contributed by atoms with Crippen LogP contribution in [0, 0.1) is 0 Å². The molecule has 1 nitrogen and oxygen atoms in total. The fraction of sp³-hybridized carbons (Fsp3) is 0.636. The van der Waals surface area contributed by atoms with Crippen LogP contribution in [0.4, 0.5) is 0 Å². The molecule has 0 aliphatic rings. The molecule has 0 aliphatic carbocycles. The Kier molecular flexibility index (Phi) is 5.09. The first-order chi connectivity index (χ1) is 6.33. The molecule has 0 fully saturated rings. The molecule has 0 saturated carbocycles. The first kappa shape index (κ1) is 10.7. The Morgan fingerprint density at radius 1 is 1.54 bits per heavy atom. The molecule has 0 spiro atoms. The van der Waals surface area contributed by atoms with Crippen LogP contribution in [0.3, 0.4) is 0 Å². The predicted octanol–water partition coefficient (Wildman–Crippen LogP) is 3.07. The molecule has 1 unspecified atom stereocenters. The van der Waals surface area contributed by atoms with Crippen LogP contribution in [0.1, 0.15) is 32.3 Å². The quantitative estimate of drug-likeness (QED) is 0.739. The van der Waals surface area contributed by atoms with Crippen LogP contribution in [0.15, 0.2) is 16.8 Å². The molecule has 1 rings (SSSR count). The van der Waals surface area contributed by atoms with Crippen molar-refractivity contribution in [2.24, 2.45) is 0 Å². The molecule has 1 aromatic rings. The monoisotopic (exact) mass is 197 g/mol. The molecule has 0 saturated heterocycles. The highest BCUT2D eigenvalue weighted by atomic mass is 32.1. The van der Waals surface area contributed by atoms with Crippen LogP contribution in [-0.2, 0) is 6.42 Å². The van der Waals surface area contributed by atoms with Crippen LogP contribution in [-0.4, -0.2) is 12.6 Å². The first-order valence-electron chi connectivity index (χ1n) is 5.07. The van der Waals surface area contributed by atoms with E-state index in [-0.39, 0.29) is 0 Å². The molecule has 13 heavy (non-hydrogen) atoms. The summed E-state index contributed by atoms with van der Waals surface area (Å²) in [5.74, 6) is 0. The fourth-order valence-corrected chi connectivity index (χ4v) is 2.20. The molecule has 0 radical (unpaired) electrons. The average molecular weight is 197 g/mol. The van der Waals surface area contributed by atoms with Gasteiger partial charge in [0, 0.05) is 6.04 Å². The molecule has 0 bridgehead atoms. The third kappa shape index (κ3) is 4.44. The maximum Gasteiger partial charge on any atom is 0.00387 e. The van der Waals surface area contributed by atoms with E-state index in [1.807, 2.05) is 0 Å². The summed E-state index contributed by atoms with van der Waals surface area (Å²) in [6.07, 6.45) is 3.81. The van der Waals surface area contributed by atoms with Crippen LogP contribution in [0.2, 0.25) is 0 Å². The lowest BCUT2D eigenvalue weighted by atomic mass is 10.1. The van der Waals surface area contributed by atoms with Gasteiger partial charge < -0.3 is 5.32 Å². The average Bonchev–Trinajstić information content (AvgIpc) is 2.57. The number of nitrogens with one attached hydrogen (secondary N) is 1. The Morgan fingerprint density at radius 3 is 3.00 bits per heavy atom. The van der Waals surface area contributed by atoms with Crippen molar-refractivity contribution in [2.75, 3.05) is 6.54 Å². The second-order valence-electron chi connectivity index (χ2n) is 3.48. The third-order valence-electron chi connectivity index (χ3n) is 2.24. The maximum absolute atomic E-state index is 3.43. The number of rotatable bonds is 6. The molecule has 0 amide bonds. The Morgan fingerprint density at radius 2 is 2.38 bits per heavy atom. The van der Waals surface area contributed by atoms with Gasteiger partial charge in [0.2, 0.25) is 0 Å². The van der Waals surface area contributed by atoms with E-state index in [0.29, 0.717) is 6.04 Å². The largest absolute Gasteiger partial charge is 0.315 e. The zero-order chi connectivity index (χ0) is 9.52. The van der Waals surface area contributed by atoms with Crippen LogP contribution in [0.25, 0.3) is 0 Å². The Balaban J connectivity index is 2.07. The first-order valence-corrected chi connectivity index (χ1v) is 6.01. The third-order valence-corrected chi connectivity index (χ3v) is 2.97. The number of hydrogen-bond acceptors (Lipinski definition) is 2. The molecule has 1 aromatic heterocycles. The molecular formula is C11H19NS. The van der Waals surface area contributed by atoms with Crippen molar-refractivity contribution in [2.45, 2.75) is 39.2 Å². The minimum absolute atomic E-state index is 0.670. The topological polar surface area (TPSA) is 12.0 Å². The molecular weight excluding hydrogens is 178 g/mol. The molecule has 0 aromatic carbocycles. The summed E-state index contributed by atoms with van der Waals surface area (Å²) in [6, 6.07) is 2.89. The van der Waals surface area contributed by atoms with Gasteiger partial charge in [-0.15, -0.1) is 0 Å². The Bertz CT molecular complexity index is 206. The van der Waals surface area contributed by atoms with Crippen molar-refractivity contribution in [3.63, 3.8) is 0 Å². The lowest BCUT2D eigenvalue weighted by Gasteiger charge is -2.10. The standard InChI is InChI=1S/C11H19NS/c1-3-12-10(2)5-4-6-11-7-8-13-9-11/h7-10,12H,3-6H2,1-2H3. The van der Waals surface area contributed by atoms with Crippen molar-refractivity contribution in [1.82, 2.24) is 5.32 Å². The number of hydrogen-bond donors (Lipinski definition) is 1. The van der Waals surface area contributed by atoms with E-state index in [1.54, 1.807) is 11.3 Å². The van der Waals surface area contributed by atoms with Gasteiger partial charge in [0.1, 0.15) is 0 Å². The lowest BCUT2D eigenvalue weighted by Crippen LogP contribution is -2.25. The van der Waals surface area contributed by atoms with E-state index in [9.17, 15) is 0 Å². The molecule has 0 aliphatic heterocycles. The smallest absolute Gasteiger partial charge is 0.00387 e. The summed E-state index contributed by atoms with van der Waals surface area (Å²) in [6.45, 7) is 5.51. The van der Waals surface area contributed by atoms with Crippen molar-refractivity contribution in [3.05, 3.63) is 22.4 Å². The van der Waals surface area contributed by atoms with Gasteiger partial charge in [-0.3, -0.25) is 0 Å². The second kappa shape index (κ2) is 6.17. The van der Waals surface area contributed by atoms with E-state index in [2.05, 4.69) is 36.0 Å². The highest BCUT2D eigenvalue weighted by molar-refractivity contribution is 7.07. The van der Waals surface area contributed by atoms with Gasteiger partial charge in [0.15, 0.2) is 0 Å². The van der Waals surface area contributed by atoms with Gasteiger partial charge in [-0.25, -0.2) is 0 Å². The van der Waals surface area contributed by atoms with Crippen LogP contribution in [0.5, 0.6) is 0 Å². The van der Waals surface area contributed by atoms with Crippen LogP contribution >= 0.6 is 11.3 Å². The molecule has 74 valence electrons. The van der Waals surface area contributed by atoms with Gasteiger partial charge >= 0.3 is 0 Å². The van der Waals surface area contributed by atoms with Crippen molar-refractivity contribution in [3.8, 4) is 0 Å². The Hall–Kier alpha value is -0.340. The highest BCUT2D eigenvalue weighted by Gasteiger charge is 1.99. The van der Waals surface area contributed by atoms with E-state index in [0.717, 1.165) is 6.54 Å². The van der Waals surface area contributed by atoms with Gasteiger partial charge in [-0.2, -0.15) is 11.3 Å². The van der Waals surface area contributed by atoms with Gasteiger partial charge in [-0.1, -0.05) is 6.92 Å². The van der Waals surface area contributed by atoms with E-state index >= 15 is 0 Å².